The molecule has 134 valence electrons. The largest absolute Gasteiger partial charge is 0.359 e. The lowest BCUT2D eigenvalue weighted by molar-refractivity contribution is -0.914. The van der Waals surface area contributed by atoms with Gasteiger partial charge in [0.1, 0.15) is 0 Å². The number of para-hydroxylation sites is 1. The van der Waals surface area contributed by atoms with Crippen LogP contribution in [0.3, 0.4) is 0 Å². The summed E-state index contributed by atoms with van der Waals surface area (Å²) in [6, 6.07) is 12.1. The van der Waals surface area contributed by atoms with Crippen molar-refractivity contribution < 1.29 is 9.69 Å². The highest BCUT2D eigenvalue weighted by molar-refractivity contribution is 7.09. The number of amides is 1. The van der Waals surface area contributed by atoms with Gasteiger partial charge < -0.3 is 15.1 Å². The van der Waals surface area contributed by atoms with Gasteiger partial charge in [-0.15, -0.1) is 11.3 Å². The Bertz CT molecular complexity index is 684. The van der Waals surface area contributed by atoms with Crippen molar-refractivity contribution in [3.05, 3.63) is 51.7 Å². The number of nitrogens with one attached hydrogen (secondary N) is 2. The number of carbonyl (C=O) groups excluding carboxylic acids is 1. The molecule has 1 atom stereocenters. The van der Waals surface area contributed by atoms with Gasteiger partial charge in [-0.3, -0.25) is 4.79 Å². The summed E-state index contributed by atoms with van der Waals surface area (Å²) in [5.41, 5.74) is 1.09. The molecule has 1 saturated heterocycles. The minimum absolute atomic E-state index is 0.0169. The Hall–Kier alpha value is -1.56. The summed E-state index contributed by atoms with van der Waals surface area (Å²) in [5.74, 6) is 0.151. The van der Waals surface area contributed by atoms with Crippen molar-refractivity contribution in [1.29, 1.82) is 0 Å². The van der Waals surface area contributed by atoms with Crippen molar-refractivity contribution in [3.63, 3.8) is 0 Å². The van der Waals surface area contributed by atoms with Crippen molar-refractivity contribution in [1.82, 2.24) is 5.32 Å². The van der Waals surface area contributed by atoms with Crippen LogP contribution < -0.4 is 15.1 Å². The fraction of sp³-hybridized carbons (Fsp3) is 0.421. The van der Waals surface area contributed by atoms with Crippen LogP contribution in [-0.2, 0) is 11.2 Å². The van der Waals surface area contributed by atoms with Crippen LogP contribution in [0.2, 0.25) is 5.02 Å². The van der Waals surface area contributed by atoms with Crippen molar-refractivity contribution in [3.8, 4) is 0 Å². The number of hydrogen-bond acceptors (Lipinski definition) is 3. The van der Waals surface area contributed by atoms with Crippen LogP contribution in [0.1, 0.15) is 11.8 Å². The summed E-state index contributed by atoms with van der Waals surface area (Å²) in [7, 11) is 0. The van der Waals surface area contributed by atoms with Crippen LogP contribution in [0.25, 0.3) is 0 Å². The molecule has 1 amide bonds. The third kappa shape index (κ3) is 4.75. The average molecular weight is 379 g/mol. The number of quaternary nitrogens is 1. The molecular weight excluding hydrogens is 354 g/mol. The van der Waals surface area contributed by atoms with Gasteiger partial charge in [-0.1, -0.05) is 29.8 Å². The number of benzene rings is 1. The number of halogens is 1. The number of anilines is 1. The Morgan fingerprint density at radius 2 is 2.04 bits per heavy atom. The van der Waals surface area contributed by atoms with E-state index in [1.807, 2.05) is 31.2 Å². The molecular formula is C19H25ClN3OS+. The van der Waals surface area contributed by atoms with E-state index < -0.39 is 0 Å². The molecule has 2 N–H and O–H groups in total. The van der Waals surface area contributed by atoms with E-state index in [1.54, 1.807) is 11.3 Å². The van der Waals surface area contributed by atoms with Gasteiger partial charge in [0, 0.05) is 11.4 Å². The number of thiophene rings is 1. The van der Waals surface area contributed by atoms with Crippen molar-refractivity contribution in [2.75, 3.05) is 37.6 Å². The van der Waals surface area contributed by atoms with E-state index in [0.29, 0.717) is 6.54 Å². The van der Waals surface area contributed by atoms with E-state index in [0.717, 1.165) is 43.3 Å². The second-order valence-electron chi connectivity index (χ2n) is 6.44. The third-order valence-corrected chi connectivity index (χ3v) is 6.11. The summed E-state index contributed by atoms with van der Waals surface area (Å²) >= 11 is 8.03. The highest BCUT2D eigenvalue weighted by Gasteiger charge is 2.29. The lowest BCUT2D eigenvalue weighted by Gasteiger charge is -2.36. The molecule has 1 aromatic carbocycles. The molecule has 2 heterocycles. The summed E-state index contributed by atoms with van der Waals surface area (Å²) in [5, 5.41) is 5.95. The zero-order chi connectivity index (χ0) is 17.6. The van der Waals surface area contributed by atoms with Gasteiger partial charge in [0.2, 0.25) is 0 Å². The Morgan fingerprint density at radius 3 is 2.72 bits per heavy atom. The number of carbonyl (C=O) groups is 1. The molecule has 0 spiro atoms. The smallest absolute Gasteiger partial charge is 0.278 e. The highest BCUT2D eigenvalue weighted by atomic mass is 35.5. The molecule has 1 aliphatic rings. The maximum atomic E-state index is 12.4. The molecule has 0 unspecified atom stereocenters. The number of piperazine rings is 1. The maximum absolute atomic E-state index is 12.4. The second kappa shape index (κ2) is 8.70. The summed E-state index contributed by atoms with van der Waals surface area (Å²) in [4.78, 5) is 17.4. The molecule has 2 aromatic rings. The van der Waals surface area contributed by atoms with Crippen molar-refractivity contribution >= 4 is 34.5 Å². The maximum Gasteiger partial charge on any atom is 0.278 e. The van der Waals surface area contributed by atoms with E-state index in [9.17, 15) is 4.79 Å². The number of nitrogens with zero attached hydrogens (tertiary/aromatic N) is 1. The fourth-order valence-corrected chi connectivity index (χ4v) is 4.24. The minimum atomic E-state index is -0.0169. The lowest BCUT2D eigenvalue weighted by atomic mass is 10.2. The van der Waals surface area contributed by atoms with Gasteiger partial charge in [-0.2, -0.15) is 0 Å². The number of rotatable bonds is 6. The molecule has 0 bridgehead atoms. The van der Waals surface area contributed by atoms with Gasteiger partial charge in [-0.25, -0.2) is 0 Å². The zero-order valence-corrected chi connectivity index (χ0v) is 16.1. The Labute approximate surface area is 158 Å². The average Bonchev–Trinajstić information content (AvgIpc) is 3.15. The molecule has 0 saturated carbocycles. The van der Waals surface area contributed by atoms with Crippen LogP contribution in [0.4, 0.5) is 5.69 Å². The Kier molecular flexibility index (Phi) is 6.34. The van der Waals surface area contributed by atoms with Crippen LogP contribution in [-0.4, -0.2) is 44.7 Å². The Morgan fingerprint density at radius 1 is 1.28 bits per heavy atom. The fourth-order valence-electron chi connectivity index (χ4n) is 3.28. The van der Waals surface area contributed by atoms with Crippen LogP contribution in [0, 0.1) is 0 Å². The summed E-state index contributed by atoms with van der Waals surface area (Å²) in [6.07, 6.45) is 0.908. The molecule has 6 heteroatoms. The Balaban J connectivity index is 1.45. The van der Waals surface area contributed by atoms with Crippen LogP contribution in [0.5, 0.6) is 0 Å². The topological polar surface area (TPSA) is 36.8 Å². The predicted octanol–water partition coefficient (Wildman–Crippen LogP) is 1.85. The van der Waals surface area contributed by atoms with E-state index in [4.69, 9.17) is 11.6 Å². The van der Waals surface area contributed by atoms with Gasteiger partial charge in [-0.05, 0) is 36.9 Å². The van der Waals surface area contributed by atoms with Crippen LogP contribution in [0.15, 0.2) is 41.8 Å². The minimum Gasteiger partial charge on any atom is -0.359 e. The molecule has 1 aliphatic heterocycles. The first kappa shape index (κ1) is 18.2. The normalized spacial score (nSPS) is 16.6. The first-order valence-corrected chi connectivity index (χ1v) is 10.0. The lowest BCUT2D eigenvalue weighted by Crippen LogP contribution is -3.19. The second-order valence-corrected chi connectivity index (χ2v) is 7.88. The predicted molar refractivity (Wildman–Crippen MR) is 105 cm³/mol. The van der Waals surface area contributed by atoms with Gasteiger partial charge in [0.25, 0.3) is 5.91 Å². The van der Waals surface area contributed by atoms with Gasteiger partial charge >= 0.3 is 0 Å². The van der Waals surface area contributed by atoms with E-state index in [-0.39, 0.29) is 11.9 Å². The first-order chi connectivity index (χ1) is 12.1. The number of hydrogen-bond donors (Lipinski definition) is 2. The van der Waals surface area contributed by atoms with Crippen LogP contribution >= 0.6 is 22.9 Å². The monoisotopic (exact) mass is 378 g/mol. The molecule has 1 fully saturated rings. The first-order valence-electron chi connectivity index (χ1n) is 8.79. The van der Waals surface area contributed by atoms with Crippen molar-refractivity contribution in [2.24, 2.45) is 0 Å². The quantitative estimate of drug-likeness (QED) is 0.805. The molecule has 0 aliphatic carbocycles. The SMILES string of the molecule is C[C@H](C(=O)NCCc1cccs1)[NH+]1CCN(c2ccccc2Cl)CC1. The third-order valence-electron chi connectivity index (χ3n) is 4.86. The molecule has 1 aromatic heterocycles. The molecule has 25 heavy (non-hydrogen) atoms. The van der Waals surface area contributed by atoms with Gasteiger partial charge in [0.05, 0.1) is 36.9 Å². The molecule has 4 nitrogen and oxygen atoms in total. The highest BCUT2D eigenvalue weighted by Crippen LogP contribution is 2.24. The van der Waals surface area contributed by atoms with E-state index in [1.165, 1.54) is 9.78 Å². The van der Waals surface area contributed by atoms with E-state index >= 15 is 0 Å². The summed E-state index contributed by atoms with van der Waals surface area (Å²) in [6.45, 7) is 6.48. The summed E-state index contributed by atoms with van der Waals surface area (Å²) < 4.78 is 0. The zero-order valence-electron chi connectivity index (χ0n) is 14.5. The molecule has 0 radical (unpaired) electrons. The van der Waals surface area contributed by atoms with E-state index in [2.05, 4.69) is 27.7 Å². The van der Waals surface area contributed by atoms with Crippen molar-refractivity contribution in [2.45, 2.75) is 19.4 Å². The standard InChI is InChI=1S/C19H24ClN3OS/c1-15(19(24)21-9-8-16-5-4-14-25-16)22-10-12-23(13-11-22)18-7-3-2-6-17(18)20/h2-7,14-15H,8-13H2,1H3,(H,21,24)/p+1/t15-/m1/s1. The van der Waals surface area contributed by atoms with Gasteiger partial charge in [0.15, 0.2) is 6.04 Å². The molecule has 3 rings (SSSR count).